The van der Waals surface area contributed by atoms with E-state index in [2.05, 4.69) is 0 Å². The second-order valence-corrected chi connectivity index (χ2v) is 4.93. The van der Waals surface area contributed by atoms with Gasteiger partial charge in [-0.2, -0.15) is 11.8 Å². The van der Waals surface area contributed by atoms with E-state index in [9.17, 15) is 14.9 Å². The Morgan fingerprint density at radius 3 is 2.78 bits per heavy atom. The normalized spacial score (nSPS) is 12.1. The van der Waals surface area contributed by atoms with Crippen LogP contribution in [0.3, 0.4) is 0 Å². The van der Waals surface area contributed by atoms with Gasteiger partial charge in [0, 0.05) is 23.6 Å². The van der Waals surface area contributed by atoms with E-state index in [1.807, 2.05) is 0 Å². The van der Waals surface area contributed by atoms with Crippen molar-refractivity contribution in [3.05, 3.63) is 38.9 Å². The molecular formula is C10H11ClN2O4S. The minimum Gasteiger partial charge on any atom is -0.480 e. The van der Waals surface area contributed by atoms with Crippen molar-refractivity contribution >= 4 is 35.0 Å². The van der Waals surface area contributed by atoms with E-state index in [-0.39, 0.29) is 11.4 Å². The Morgan fingerprint density at radius 1 is 1.61 bits per heavy atom. The fraction of sp³-hybridized carbons (Fsp3) is 0.300. The Labute approximate surface area is 112 Å². The molecule has 98 valence electrons. The lowest BCUT2D eigenvalue weighted by atomic mass is 10.2. The summed E-state index contributed by atoms with van der Waals surface area (Å²) in [6.07, 6.45) is 0. The van der Waals surface area contributed by atoms with Crippen LogP contribution in [-0.2, 0) is 10.5 Å². The third kappa shape index (κ3) is 4.17. The van der Waals surface area contributed by atoms with Gasteiger partial charge in [-0.15, -0.1) is 0 Å². The molecule has 8 heteroatoms. The standard InChI is InChI=1S/C10H11ClN2O4S/c11-8-3-7(13(16)17)2-1-6(8)4-18-5-9(12)10(14)15/h1-3,9H,4-5,12H2,(H,14,15)/t9-/m0/s1. The third-order valence-corrected chi connectivity index (χ3v) is 3.58. The van der Waals surface area contributed by atoms with E-state index in [1.54, 1.807) is 6.07 Å². The van der Waals surface area contributed by atoms with Gasteiger partial charge in [-0.1, -0.05) is 11.6 Å². The van der Waals surface area contributed by atoms with E-state index in [0.29, 0.717) is 16.3 Å². The monoisotopic (exact) mass is 290 g/mol. The minimum atomic E-state index is -1.06. The maximum Gasteiger partial charge on any atom is 0.321 e. The molecule has 0 aliphatic carbocycles. The zero-order valence-electron chi connectivity index (χ0n) is 9.21. The van der Waals surface area contributed by atoms with E-state index >= 15 is 0 Å². The van der Waals surface area contributed by atoms with Crippen LogP contribution in [0.5, 0.6) is 0 Å². The molecule has 0 saturated heterocycles. The Kier molecular flexibility index (Phi) is 5.39. The number of non-ortho nitro benzene ring substituents is 1. The van der Waals surface area contributed by atoms with Crippen LogP contribution in [0.25, 0.3) is 0 Å². The predicted molar refractivity (Wildman–Crippen MR) is 69.9 cm³/mol. The number of nitrogens with two attached hydrogens (primary N) is 1. The van der Waals surface area contributed by atoms with Crippen LogP contribution < -0.4 is 5.73 Å². The summed E-state index contributed by atoms with van der Waals surface area (Å²) in [6, 6.07) is 3.26. The average molecular weight is 291 g/mol. The molecule has 0 heterocycles. The number of nitrogens with zero attached hydrogens (tertiary/aromatic N) is 1. The van der Waals surface area contributed by atoms with Crippen LogP contribution in [0.2, 0.25) is 5.02 Å². The smallest absolute Gasteiger partial charge is 0.321 e. The fourth-order valence-corrected chi connectivity index (χ4v) is 2.44. The van der Waals surface area contributed by atoms with Crippen molar-refractivity contribution in [3.63, 3.8) is 0 Å². The van der Waals surface area contributed by atoms with Crippen molar-refractivity contribution in [2.75, 3.05) is 5.75 Å². The number of hydrogen-bond acceptors (Lipinski definition) is 5. The van der Waals surface area contributed by atoms with Crippen molar-refractivity contribution < 1.29 is 14.8 Å². The largest absolute Gasteiger partial charge is 0.480 e. The van der Waals surface area contributed by atoms with E-state index in [0.717, 1.165) is 0 Å². The first kappa shape index (κ1) is 14.7. The Morgan fingerprint density at radius 2 is 2.28 bits per heavy atom. The predicted octanol–water partition coefficient (Wildman–Crippen LogP) is 1.89. The molecule has 1 aromatic rings. The van der Waals surface area contributed by atoms with Gasteiger partial charge in [0.15, 0.2) is 0 Å². The zero-order valence-corrected chi connectivity index (χ0v) is 10.8. The van der Waals surface area contributed by atoms with Gasteiger partial charge >= 0.3 is 5.97 Å². The van der Waals surface area contributed by atoms with Crippen LogP contribution in [0.4, 0.5) is 5.69 Å². The molecule has 0 spiro atoms. The van der Waals surface area contributed by atoms with Crippen molar-refractivity contribution in [3.8, 4) is 0 Å². The number of thioether (sulfide) groups is 1. The lowest BCUT2D eigenvalue weighted by Gasteiger charge is -2.07. The van der Waals surface area contributed by atoms with Gasteiger partial charge in [-0.25, -0.2) is 0 Å². The summed E-state index contributed by atoms with van der Waals surface area (Å²) < 4.78 is 0. The van der Waals surface area contributed by atoms with Gasteiger partial charge in [0.1, 0.15) is 6.04 Å². The van der Waals surface area contributed by atoms with Crippen molar-refractivity contribution in [2.24, 2.45) is 5.73 Å². The Balaban J connectivity index is 2.58. The lowest BCUT2D eigenvalue weighted by molar-refractivity contribution is -0.384. The topological polar surface area (TPSA) is 106 Å². The third-order valence-electron chi connectivity index (χ3n) is 2.12. The van der Waals surface area contributed by atoms with Crippen LogP contribution in [0.15, 0.2) is 18.2 Å². The number of aliphatic carboxylic acids is 1. The summed E-state index contributed by atoms with van der Waals surface area (Å²) in [5, 5.41) is 19.4. The number of nitro benzene ring substituents is 1. The molecule has 0 aliphatic rings. The molecule has 0 unspecified atom stereocenters. The van der Waals surface area contributed by atoms with Crippen molar-refractivity contribution in [1.29, 1.82) is 0 Å². The maximum atomic E-state index is 10.5. The number of carboxylic acids is 1. The van der Waals surface area contributed by atoms with E-state index < -0.39 is 16.9 Å². The van der Waals surface area contributed by atoms with Crippen LogP contribution in [-0.4, -0.2) is 27.8 Å². The van der Waals surface area contributed by atoms with Crippen LogP contribution >= 0.6 is 23.4 Å². The maximum absolute atomic E-state index is 10.5. The molecule has 6 nitrogen and oxygen atoms in total. The van der Waals surface area contributed by atoms with Gasteiger partial charge in [0.05, 0.1) is 9.95 Å². The molecule has 0 radical (unpaired) electrons. The van der Waals surface area contributed by atoms with E-state index in [1.165, 1.54) is 23.9 Å². The van der Waals surface area contributed by atoms with Crippen LogP contribution in [0, 0.1) is 10.1 Å². The Hall–Kier alpha value is -1.31. The van der Waals surface area contributed by atoms with Gasteiger partial charge in [0.2, 0.25) is 0 Å². The SMILES string of the molecule is N[C@@H](CSCc1ccc([N+](=O)[O-])cc1Cl)C(=O)O. The number of hydrogen-bond donors (Lipinski definition) is 2. The number of halogens is 1. The van der Waals surface area contributed by atoms with Gasteiger partial charge in [-0.3, -0.25) is 14.9 Å². The summed E-state index contributed by atoms with van der Waals surface area (Å²) in [4.78, 5) is 20.5. The molecule has 1 aromatic carbocycles. The molecule has 0 aliphatic heterocycles. The second-order valence-electron chi connectivity index (χ2n) is 3.49. The molecule has 0 bridgehead atoms. The molecule has 18 heavy (non-hydrogen) atoms. The molecule has 3 N–H and O–H groups in total. The highest BCUT2D eigenvalue weighted by Gasteiger charge is 2.13. The Bertz CT molecular complexity index is 469. The number of carboxylic acid groups (broad SMARTS) is 1. The first-order valence-corrected chi connectivity index (χ1v) is 6.44. The van der Waals surface area contributed by atoms with E-state index in [4.69, 9.17) is 22.4 Å². The molecule has 0 saturated carbocycles. The quantitative estimate of drug-likeness (QED) is 0.612. The van der Waals surface area contributed by atoms with Crippen LogP contribution in [0.1, 0.15) is 5.56 Å². The van der Waals surface area contributed by atoms with Gasteiger partial charge in [-0.05, 0) is 11.6 Å². The summed E-state index contributed by atoms with van der Waals surface area (Å²) in [5.74, 6) is -0.349. The summed E-state index contributed by atoms with van der Waals surface area (Å²) in [6.45, 7) is 0. The lowest BCUT2D eigenvalue weighted by Crippen LogP contribution is -2.32. The average Bonchev–Trinajstić information content (AvgIpc) is 2.30. The highest BCUT2D eigenvalue weighted by atomic mass is 35.5. The molecule has 0 amide bonds. The highest BCUT2D eigenvalue weighted by molar-refractivity contribution is 7.98. The number of rotatable bonds is 6. The molecule has 0 fully saturated rings. The van der Waals surface area contributed by atoms with Gasteiger partial charge < -0.3 is 10.8 Å². The second kappa shape index (κ2) is 6.58. The summed E-state index contributed by atoms with van der Waals surface area (Å²) >= 11 is 7.20. The first-order valence-electron chi connectivity index (χ1n) is 4.90. The highest BCUT2D eigenvalue weighted by Crippen LogP contribution is 2.25. The molecule has 0 aromatic heterocycles. The minimum absolute atomic E-state index is 0.0732. The fourth-order valence-electron chi connectivity index (χ4n) is 1.13. The first-order chi connectivity index (χ1) is 8.41. The van der Waals surface area contributed by atoms with Crippen molar-refractivity contribution in [2.45, 2.75) is 11.8 Å². The number of nitro groups is 1. The summed E-state index contributed by atoms with van der Waals surface area (Å²) in [7, 11) is 0. The molecule has 1 rings (SSSR count). The molecule has 1 atom stereocenters. The van der Waals surface area contributed by atoms with Crippen molar-refractivity contribution in [1.82, 2.24) is 0 Å². The summed E-state index contributed by atoms with van der Waals surface area (Å²) in [5.41, 5.74) is 5.98. The zero-order chi connectivity index (χ0) is 13.7. The molecular weight excluding hydrogens is 280 g/mol. The number of benzene rings is 1. The van der Waals surface area contributed by atoms with Gasteiger partial charge in [0.25, 0.3) is 5.69 Å². The number of carbonyl (C=O) groups is 1.